The number of hydrogen-bond donors (Lipinski definition) is 2. The molecule has 2 aromatic carbocycles. The summed E-state index contributed by atoms with van der Waals surface area (Å²) in [6, 6.07) is 14.6. The molecule has 7 nitrogen and oxygen atoms in total. The lowest BCUT2D eigenvalue weighted by atomic mass is 10.1. The summed E-state index contributed by atoms with van der Waals surface area (Å²) in [5.74, 6) is -0.760. The molecule has 9 heteroatoms. The third-order valence-electron chi connectivity index (χ3n) is 4.40. The van der Waals surface area contributed by atoms with Gasteiger partial charge in [0.2, 0.25) is 4.96 Å². The minimum Gasteiger partial charge on any atom is -0.347 e. The van der Waals surface area contributed by atoms with Crippen molar-refractivity contribution in [2.24, 2.45) is 0 Å². The third-order valence-corrected chi connectivity index (χ3v) is 5.52. The Bertz CT molecular complexity index is 1220. The average Bonchev–Trinajstić information content (AvgIpc) is 3.31. The molecule has 2 heterocycles. The molecule has 0 fully saturated rings. The van der Waals surface area contributed by atoms with Crippen molar-refractivity contribution in [1.82, 2.24) is 19.9 Å². The van der Waals surface area contributed by atoms with Crippen molar-refractivity contribution in [2.75, 3.05) is 11.9 Å². The number of thiazole rings is 1. The number of amides is 2. The highest BCUT2D eigenvalue weighted by Crippen LogP contribution is 2.21. The molecule has 2 aromatic heterocycles. The van der Waals surface area contributed by atoms with Crippen molar-refractivity contribution >= 4 is 45.4 Å². The number of fused-ring (bicyclic) bond motifs is 1. The Morgan fingerprint density at radius 1 is 1.13 bits per heavy atom. The van der Waals surface area contributed by atoms with E-state index in [-0.39, 0.29) is 0 Å². The first kappa shape index (κ1) is 20.1. The molecule has 0 atom stereocenters. The van der Waals surface area contributed by atoms with Gasteiger partial charge in [0, 0.05) is 34.6 Å². The molecule has 0 unspecified atom stereocenters. The van der Waals surface area contributed by atoms with E-state index >= 15 is 0 Å². The highest BCUT2D eigenvalue weighted by atomic mass is 35.5. The summed E-state index contributed by atoms with van der Waals surface area (Å²) in [6.07, 6.45) is 0.524. The van der Waals surface area contributed by atoms with Crippen LogP contribution in [0.2, 0.25) is 5.02 Å². The number of carbonyl (C=O) groups excluding carboxylic acids is 2. The first-order valence-electron chi connectivity index (χ1n) is 9.24. The zero-order valence-electron chi connectivity index (χ0n) is 16.1. The topological polar surface area (TPSA) is 88.4 Å². The first-order valence-corrected chi connectivity index (χ1v) is 10.5. The molecule has 30 heavy (non-hydrogen) atoms. The number of carbonyl (C=O) groups is 2. The van der Waals surface area contributed by atoms with E-state index in [1.54, 1.807) is 28.8 Å². The maximum atomic E-state index is 12.0. The molecule has 0 aliphatic rings. The number of aryl methyl sites for hydroxylation is 1. The van der Waals surface area contributed by atoms with Crippen LogP contribution in [-0.2, 0) is 16.0 Å². The van der Waals surface area contributed by atoms with Gasteiger partial charge in [-0.2, -0.15) is 4.98 Å². The van der Waals surface area contributed by atoms with Crippen molar-refractivity contribution in [3.05, 3.63) is 70.2 Å². The smallest absolute Gasteiger partial charge is 0.313 e. The minimum atomic E-state index is -0.727. The molecule has 0 saturated heterocycles. The lowest BCUT2D eigenvalue weighted by molar-refractivity contribution is -0.136. The first-order chi connectivity index (χ1) is 14.5. The second-order valence-electron chi connectivity index (χ2n) is 6.69. The molecule has 2 N–H and O–H groups in total. The van der Waals surface area contributed by atoms with Crippen molar-refractivity contribution in [3.8, 4) is 11.4 Å². The van der Waals surface area contributed by atoms with Crippen LogP contribution in [0.5, 0.6) is 0 Å². The molecule has 0 bridgehead atoms. The normalized spacial score (nSPS) is 10.9. The zero-order valence-corrected chi connectivity index (χ0v) is 17.6. The van der Waals surface area contributed by atoms with Crippen molar-refractivity contribution < 1.29 is 9.59 Å². The second-order valence-corrected chi connectivity index (χ2v) is 7.97. The van der Waals surface area contributed by atoms with Gasteiger partial charge in [-0.1, -0.05) is 35.4 Å². The number of nitrogens with zero attached hydrogens (tertiary/aromatic N) is 3. The van der Waals surface area contributed by atoms with Gasteiger partial charge < -0.3 is 10.6 Å². The lowest BCUT2D eigenvalue weighted by Gasteiger charge is -2.06. The summed E-state index contributed by atoms with van der Waals surface area (Å²) < 4.78 is 1.78. The third kappa shape index (κ3) is 4.50. The van der Waals surface area contributed by atoms with E-state index < -0.39 is 11.8 Å². The zero-order chi connectivity index (χ0) is 21.1. The highest BCUT2D eigenvalue weighted by Gasteiger charge is 2.15. The molecule has 0 aliphatic heterocycles. The van der Waals surface area contributed by atoms with Crippen LogP contribution in [0.25, 0.3) is 16.3 Å². The van der Waals surface area contributed by atoms with Crippen LogP contribution >= 0.6 is 22.9 Å². The summed E-state index contributed by atoms with van der Waals surface area (Å²) in [6.45, 7) is 2.33. The fourth-order valence-electron chi connectivity index (χ4n) is 2.91. The fraction of sp³-hybridized carbons (Fsp3) is 0.143. The van der Waals surface area contributed by atoms with Crippen molar-refractivity contribution in [2.45, 2.75) is 13.3 Å². The van der Waals surface area contributed by atoms with Crippen LogP contribution in [0.3, 0.4) is 0 Å². The van der Waals surface area contributed by atoms with Crippen molar-refractivity contribution in [3.63, 3.8) is 0 Å². The van der Waals surface area contributed by atoms with E-state index in [2.05, 4.69) is 20.7 Å². The molecular weight excluding hydrogens is 422 g/mol. The number of benzene rings is 2. The van der Waals surface area contributed by atoms with E-state index in [9.17, 15) is 9.59 Å². The number of halogens is 1. The van der Waals surface area contributed by atoms with E-state index in [4.69, 9.17) is 11.6 Å². The Balaban J connectivity index is 1.36. The van der Waals surface area contributed by atoms with Gasteiger partial charge in [-0.3, -0.25) is 9.59 Å². The van der Waals surface area contributed by atoms with Gasteiger partial charge in [0.1, 0.15) is 0 Å². The van der Waals surface area contributed by atoms with Gasteiger partial charge in [-0.15, -0.1) is 16.4 Å². The number of rotatable bonds is 5. The number of aromatic nitrogens is 3. The van der Waals surface area contributed by atoms with Crippen LogP contribution in [-0.4, -0.2) is 33.0 Å². The molecule has 0 radical (unpaired) electrons. The monoisotopic (exact) mass is 439 g/mol. The largest absolute Gasteiger partial charge is 0.347 e. The maximum Gasteiger partial charge on any atom is 0.313 e. The summed E-state index contributed by atoms with van der Waals surface area (Å²) in [5, 5.41) is 12.3. The average molecular weight is 440 g/mol. The number of anilines is 1. The van der Waals surface area contributed by atoms with Crippen LogP contribution in [0, 0.1) is 6.92 Å². The predicted octanol–water partition coefficient (Wildman–Crippen LogP) is 3.72. The lowest BCUT2D eigenvalue weighted by Crippen LogP contribution is -2.36. The van der Waals surface area contributed by atoms with Gasteiger partial charge >= 0.3 is 11.8 Å². The van der Waals surface area contributed by atoms with Gasteiger partial charge in [0.15, 0.2) is 5.82 Å². The Labute approximate surface area is 181 Å². The summed E-state index contributed by atoms with van der Waals surface area (Å²) >= 11 is 7.30. The Kier molecular flexibility index (Phi) is 5.78. The Hall–Kier alpha value is -3.23. The second kappa shape index (κ2) is 8.64. The Morgan fingerprint density at radius 2 is 1.93 bits per heavy atom. The quantitative estimate of drug-likeness (QED) is 0.464. The molecule has 2 amide bonds. The molecule has 4 rings (SSSR count). The standard InChI is InChI=1S/C21H18ClN5O2S/c1-13-3-2-4-14(11-13)18-25-21-27(26-18)17(12-30-21)9-10-23-19(28)20(29)24-16-7-5-15(22)6-8-16/h2-8,11-12H,9-10H2,1H3,(H,23,28)(H,24,29). The molecular formula is C21H18ClN5O2S. The van der Waals surface area contributed by atoms with E-state index in [1.807, 2.05) is 36.6 Å². The van der Waals surface area contributed by atoms with Gasteiger partial charge in [-0.25, -0.2) is 4.52 Å². The van der Waals surface area contributed by atoms with Gasteiger partial charge in [-0.05, 0) is 37.3 Å². The van der Waals surface area contributed by atoms with Gasteiger partial charge in [0.05, 0.1) is 5.69 Å². The van der Waals surface area contributed by atoms with Crippen LogP contribution in [0.15, 0.2) is 53.9 Å². The van der Waals surface area contributed by atoms with Crippen LogP contribution in [0.4, 0.5) is 5.69 Å². The highest BCUT2D eigenvalue weighted by molar-refractivity contribution is 7.15. The molecule has 0 aliphatic carbocycles. The summed E-state index contributed by atoms with van der Waals surface area (Å²) in [5.41, 5.74) is 3.53. The number of hydrogen-bond acceptors (Lipinski definition) is 5. The Morgan fingerprint density at radius 3 is 2.70 bits per heavy atom. The van der Waals surface area contributed by atoms with E-state index in [0.29, 0.717) is 29.5 Å². The summed E-state index contributed by atoms with van der Waals surface area (Å²) in [4.78, 5) is 29.4. The van der Waals surface area contributed by atoms with Crippen molar-refractivity contribution in [1.29, 1.82) is 0 Å². The fourth-order valence-corrected chi connectivity index (χ4v) is 3.89. The van der Waals surface area contributed by atoms with Crippen LogP contribution in [0.1, 0.15) is 11.3 Å². The van der Waals surface area contributed by atoms with E-state index in [1.165, 1.54) is 11.3 Å². The SMILES string of the molecule is Cc1cccc(-c2nc3scc(CCNC(=O)C(=O)Nc4ccc(Cl)cc4)n3n2)c1. The maximum absolute atomic E-state index is 12.0. The van der Waals surface area contributed by atoms with Gasteiger partial charge in [0.25, 0.3) is 0 Å². The van der Waals surface area contributed by atoms with Crippen LogP contribution < -0.4 is 10.6 Å². The van der Waals surface area contributed by atoms with E-state index in [0.717, 1.165) is 21.8 Å². The number of nitrogens with one attached hydrogen (secondary N) is 2. The molecule has 4 aromatic rings. The predicted molar refractivity (Wildman–Crippen MR) is 118 cm³/mol. The summed E-state index contributed by atoms with van der Waals surface area (Å²) in [7, 11) is 0. The molecule has 152 valence electrons. The molecule has 0 spiro atoms. The molecule has 0 saturated carbocycles. The minimum absolute atomic E-state index is 0.304.